The fourth-order valence-corrected chi connectivity index (χ4v) is 8.12. The van der Waals surface area contributed by atoms with Gasteiger partial charge in [0.2, 0.25) is 0 Å². The summed E-state index contributed by atoms with van der Waals surface area (Å²) in [4.78, 5) is 25.3. The first-order valence-corrected chi connectivity index (χ1v) is 10.2. The predicted molar refractivity (Wildman–Crippen MR) is 96.3 cm³/mol. The number of carbonyl (C=O) groups excluding carboxylic acids is 2. The number of ether oxygens (including phenoxy) is 2. The van der Waals surface area contributed by atoms with Crippen LogP contribution in [0.1, 0.15) is 66.2 Å². The number of fused-ring (bicyclic) bond motifs is 2. The second-order valence-corrected chi connectivity index (χ2v) is 10.4. The highest BCUT2D eigenvalue weighted by Gasteiger charge is 2.87. The Balaban J connectivity index is 1.69. The molecule has 26 heavy (non-hydrogen) atoms. The van der Waals surface area contributed by atoms with Crippen molar-refractivity contribution in [3.8, 4) is 0 Å². The number of rotatable bonds is 1. The van der Waals surface area contributed by atoms with E-state index in [1.54, 1.807) is 0 Å². The zero-order valence-corrected chi connectivity index (χ0v) is 16.4. The maximum absolute atomic E-state index is 13.4. The minimum Gasteiger partial charge on any atom is -0.462 e. The molecule has 5 fully saturated rings. The summed E-state index contributed by atoms with van der Waals surface area (Å²) in [5, 5.41) is 0. The number of epoxide rings is 1. The first-order valence-electron chi connectivity index (χ1n) is 10.2. The average Bonchev–Trinajstić information content (AvgIpc) is 3.26. The highest BCUT2D eigenvalue weighted by atomic mass is 16.6. The maximum atomic E-state index is 13.4. The summed E-state index contributed by atoms with van der Waals surface area (Å²) in [5.74, 6) is 0.694. The highest BCUT2D eigenvalue weighted by Crippen LogP contribution is 2.80. The van der Waals surface area contributed by atoms with Crippen LogP contribution in [0.3, 0.4) is 0 Å². The minimum absolute atomic E-state index is 0.115. The third-order valence-electron chi connectivity index (χ3n) is 9.10. The monoisotopic (exact) mass is 358 g/mol. The van der Waals surface area contributed by atoms with Gasteiger partial charge in [0.1, 0.15) is 11.7 Å². The van der Waals surface area contributed by atoms with Gasteiger partial charge in [0.25, 0.3) is 0 Å². The molecule has 2 spiro atoms. The highest BCUT2D eigenvalue weighted by molar-refractivity contribution is 6.04. The molecule has 0 aromatic rings. The van der Waals surface area contributed by atoms with Crippen molar-refractivity contribution in [2.45, 2.75) is 84.0 Å². The van der Waals surface area contributed by atoms with E-state index in [2.05, 4.69) is 27.4 Å². The van der Waals surface area contributed by atoms with Crippen LogP contribution >= 0.6 is 0 Å². The van der Waals surface area contributed by atoms with Crippen molar-refractivity contribution in [2.75, 3.05) is 0 Å². The Morgan fingerprint density at radius 2 is 1.96 bits per heavy atom. The number of hydrogen-bond acceptors (Lipinski definition) is 4. The zero-order chi connectivity index (χ0) is 18.7. The molecule has 1 aliphatic heterocycles. The largest absolute Gasteiger partial charge is 0.462 e. The number of Topliss-reactive ketones (excluding diaryl/α,β-unsaturated/α-hetero) is 1. The molecule has 0 amide bonds. The van der Waals surface area contributed by atoms with Gasteiger partial charge in [-0.2, -0.15) is 0 Å². The average molecular weight is 358 g/mol. The van der Waals surface area contributed by atoms with E-state index in [-0.39, 0.29) is 40.7 Å². The first kappa shape index (κ1) is 17.0. The second kappa shape index (κ2) is 4.63. The fourth-order valence-electron chi connectivity index (χ4n) is 8.12. The van der Waals surface area contributed by atoms with Crippen LogP contribution in [0.5, 0.6) is 0 Å². The summed E-state index contributed by atoms with van der Waals surface area (Å²) >= 11 is 0. The van der Waals surface area contributed by atoms with Gasteiger partial charge in [0.15, 0.2) is 5.78 Å². The van der Waals surface area contributed by atoms with Crippen LogP contribution in [0.25, 0.3) is 0 Å². The van der Waals surface area contributed by atoms with Crippen LogP contribution in [0.4, 0.5) is 0 Å². The van der Waals surface area contributed by atoms with E-state index in [1.165, 1.54) is 6.92 Å². The Hall–Kier alpha value is -1.16. The normalized spacial score (nSPS) is 53.4. The van der Waals surface area contributed by atoms with Crippen molar-refractivity contribution >= 4 is 11.8 Å². The molecule has 2 bridgehead atoms. The Morgan fingerprint density at radius 3 is 2.65 bits per heavy atom. The van der Waals surface area contributed by atoms with Crippen molar-refractivity contribution in [3.63, 3.8) is 0 Å². The molecule has 0 aromatic carbocycles. The molecule has 7 atom stereocenters. The molecule has 7 unspecified atom stereocenters. The van der Waals surface area contributed by atoms with Gasteiger partial charge in [-0.3, -0.25) is 9.59 Å². The van der Waals surface area contributed by atoms with Gasteiger partial charge in [-0.25, -0.2) is 0 Å². The van der Waals surface area contributed by atoms with Gasteiger partial charge in [-0.05, 0) is 61.3 Å². The van der Waals surface area contributed by atoms with Crippen LogP contribution in [0, 0.1) is 28.1 Å². The topological polar surface area (TPSA) is 55.9 Å². The Labute approximate surface area is 155 Å². The second-order valence-electron chi connectivity index (χ2n) is 10.4. The van der Waals surface area contributed by atoms with E-state index >= 15 is 0 Å². The SMILES string of the molecule is C=C1C(=O)C23CCC4C(C)(C)CCC(OC(C)=O)C4(C)C24OC4CC1C3. The third-order valence-corrected chi connectivity index (χ3v) is 9.10. The molecule has 142 valence electrons. The molecule has 5 aliphatic rings. The fraction of sp³-hybridized carbons (Fsp3) is 0.818. The molecule has 4 saturated carbocycles. The summed E-state index contributed by atoms with van der Waals surface area (Å²) in [6.07, 6.45) is 5.54. The van der Waals surface area contributed by atoms with Gasteiger partial charge in [-0.1, -0.05) is 27.4 Å². The molecule has 4 heteroatoms. The maximum Gasteiger partial charge on any atom is 0.302 e. The lowest BCUT2D eigenvalue weighted by Gasteiger charge is -2.63. The Bertz CT molecular complexity index is 738. The zero-order valence-electron chi connectivity index (χ0n) is 16.4. The quantitative estimate of drug-likeness (QED) is 0.406. The van der Waals surface area contributed by atoms with Gasteiger partial charge in [0, 0.05) is 12.3 Å². The number of allylic oxidation sites excluding steroid dienone is 1. The number of hydrogen-bond donors (Lipinski definition) is 0. The van der Waals surface area contributed by atoms with Crippen molar-refractivity contribution in [2.24, 2.45) is 28.1 Å². The van der Waals surface area contributed by atoms with E-state index in [0.717, 1.165) is 44.1 Å². The number of ketones is 1. The smallest absolute Gasteiger partial charge is 0.302 e. The van der Waals surface area contributed by atoms with Crippen molar-refractivity contribution in [1.29, 1.82) is 0 Å². The third kappa shape index (κ3) is 1.59. The molecule has 0 radical (unpaired) electrons. The molecule has 5 rings (SSSR count). The molecular weight excluding hydrogens is 328 g/mol. The van der Waals surface area contributed by atoms with Gasteiger partial charge >= 0.3 is 5.97 Å². The van der Waals surface area contributed by atoms with Crippen LogP contribution in [-0.2, 0) is 19.1 Å². The van der Waals surface area contributed by atoms with E-state index in [4.69, 9.17) is 9.47 Å². The number of esters is 1. The standard InChI is InChI=1S/C22H30O4/c1-12-14-10-17-22(26-17)20(5)15(6-9-21(22,11-14)18(12)24)19(3,4)8-7-16(20)25-13(2)23/h14-17H,1,6-11H2,2-5H3. The minimum atomic E-state index is -0.465. The lowest BCUT2D eigenvalue weighted by molar-refractivity contribution is -0.215. The predicted octanol–water partition coefficient (Wildman–Crippen LogP) is 3.83. The van der Waals surface area contributed by atoms with Gasteiger partial charge in [0.05, 0.1) is 11.5 Å². The van der Waals surface area contributed by atoms with Gasteiger partial charge < -0.3 is 9.47 Å². The lowest BCUT2D eigenvalue weighted by Crippen LogP contribution is -2.69. The van der Waals surface area contributed by atoms with E-state index in [0.29, 0.717) is 5.92 Å². The van der Waals surface area contributed by atoms with Crippen LogP contribution in [0.2, 0.25) is 0 Å². The molecule has 4 aliphatic carbocycles. The van der Waals surface area contributed by atoms with Crippen molar-refractivity contribution < 1.29 is 19.1 Å². The van der Waals surface area contributed by atoms with Crippen LogP contribution < -0.4 is 0 Å². The van der Waals surface area contributed by atoms with Crippen LogP contribution in [0.15, 0.2) is 12.2 Å². The summed E-state index contributed by atoms with van der Waals surface area (Å²) in [7, 11) is 0. The summed E-state index contributed by atoms with van der Waals surface area (Å²) in [6.45, 7) is 12.6. The Kier molecular flexibility index (Phi) is 3.02. The first-order chi connectivity index (χ1) is 12.1. The molecule has 4 nitrogen and oxygen atoms in total. The van der Waals surface area contributed by atoms with Crippen molar-refractivity contribution in [3.05, 3.63) is 12.2 Å². The van der Waals surface area contributed by atoms with Crippen LogP contribution in [-0.4, -0.2) is 29.6 Å². The van der Waals surface area contributed by atoms with E-state index < -0.39 is 11.0 Å². The Morgan fingerprint density at radius 1 is 1.23 bits per heavy atom. The summed E-state index contributed by atoms with van der Waals surface area (Å²) in [6, 6.07) is 0. The van der Waals surface area contributed by atoms with E-state index in [9.17, 15) is 9.59 Å². The number of carbonyl (C=O) groups is 2. The molecule has 0 N–H and O–H groups in total. The molecule has 1 heterocycles. The van der Waals surface area contributed by atoms with Crippen molar-refractivity contribution in [1.82, 2.24) is 0 Å². The summed E-state index contributed by atoms with van der Waals surface area (Å²) in [5.41, 5.74) is -0.230. The summed E-state index contributed by atoms with van der Waals surface area (Å²) < 4.78 is 12.4. The molecule has 1 saturated heterocycles. The van der Waals surface area contributed by atoms with E-state index in [1.807, 2.05) is 0 Å². The molecule has 0 aromatic heterocycles. The molecular formula is C22H30O4. The lowest BCUT2D eigenvalue weighted by atomic mass is 9.39. The van der Waals surface area contributed by atoms with Gasteiger partial charge in [-0.15, -0.1) is 0 Å².